The van der Waals surface area contributed by atoms with E-state index in [9.17, 15) is 4.79 Å². The molecule has 3 N–H and O–H groups in total. The van der Waals surface area contributed by atoms with Gasteiger partial charge in [0, 0.05) is 51.0 Å². The lowest BCUT2D eigenvalue weighted by molar-refractivity contribution is -0.125. The number of fused-ring (bicyclic) bond motifs is 7. The van der Waals surface area contributed by atoms with Crippen LogP contribution in [0.15, 0.2) is 69.8 Å². The number of anilines is 1. The molecule has 46 heavy (non-hydrogen) atoms. The second-order valence-corrected chi connectivity index (χ2v) is 13.5. The number of aromatic nitrogens is 3. The van der Waals surface area contributed by atoms with Crippen LogP contribution in [0.4, 0.5) is 5.69 Å². The molecule has 9 nitrogen and oxygen atoms in total. The molecule has 228 valence electrons. The second-order valence-electron chi connectivity index (χ2n) is 13.5. The van der Waals surface area contributed by atoms with Crippen molar-refractivity contribution in [3.63, 3.8) is 0 Å². The highest BCUT2D eigenvalue weighted by Gasteiger charge is 2.61. The van der Waals surface area contributed by atoms with Gasteiger partial charge in [-0.05, 0) is 42.0 Å². The fourth-order valence-corrected chi connectivity index (χ4v) is 8.10. The van der Waals surface area contributed by atoms with Gasteiger partial charge in [0.25, 0.3) is 0 Å². The molecule has 7 heterocycles. The topological polar surface area (TPSA) is 118 Å². The third kappa shape index (κ3) is 3.12. The molecule has 4 aliphatic rings. The lowest BCUT2D eigenvalue weighted by Gasteiger charge is -2.28. The standard InChI is InChI=1S/C37H31N5O4/c1-16(2)28-35-41-31-32(46-35)37-23-7-5-6-21(20-10-8-17(3)29-27(20)22(14-38-29)26-15-39-34(31)44-26)30(23)42-36(37)45-25-11-9-19(13-24(25)37)12-18(4)33(43)40-28/h5-11,13-16,18,28,36,38,42H,12H2,1-4H3,(H,40,43)/t18-,28-,36?,37-/m0/s1. The molecular formula is C37H31N5O4. The summed E-state index contributed by atoms with van der Waals surface area (Å²) in [6.45, 7) is 8.20. The number of aryl methyl sites for hydroxylation is 1. The Morgan fingerprint density at radius 1 is 1.00 bits per heavy atom. The molecule has 0 fully saturated rings. The average Bonchev–Trinajstić information content (AvgIpc) is 3.85. The van der Waals surface area contributed by atoms with Gasteiger partial charge in [0.1, 0.15) is 17.2 Å². The van der Waals surface area contributed by atoms with Crippen LogP contribution in [0.2, 0.25) is 0 Å². The van der Waals surface area contributed by atoms with E-state index >= 15 is 0 Å². The maximum absolute atomic E-state index is 13.5. The summed E-state index contributed by atoms with van der Waals surface area (Å²) in [5, 5.41) is 8.13. The van der Waals surface area contributed by atoms with Gasteiger partial charge in [0.05, 0.1) is 6.20 Å². The molecule has 3 aromatic heterocycles. The average molecular weight is 610 g/mol. The summed E-state index contributed by atoms with van der Waals surface area (Å²) in [4.78, 5) is 27.0. The summed E-state index contributed by atoms with van der Waals surface area (Å²) >= 11 is 0. The third-order valence-electron chi connectivity index (χ3n) is 10.4. The van der Waals surface area contributed by atoms with Gasteiger partial charge < -0.3 is 29.2 Å². The molecule has 10 rings (SSSR count). The number of H-pyrrole nitrogens is 1. The van der Waals surface area contributed by atoms with Crippen LogP contribution in [0.3, 0.4) is 0 Å². The fourth-order valence-electron chi connectivity index (χ4n) is 8.10. The van der Waals surface area contributed by atoms with Gasteiger partial charge in [-0.2, -0.15) is 0 Å². The quantitative estimate of drug-likeness (QED) is 0.180. The molecule has 1 spiro atoms. The number of hydrogen-bond donors (Lipinski definition) is 3. The van der Waals surface area contributed by atoms with Crippen molar-refractivity contribution < 1.29 is 18.4 Å². The monoisotopic (exact) mass is 609 g/mol. The highest BCUT2D eigenvalue weighted by Crippen LogP contribution is 2.61. The van der Waals surface area contributed by atoms with E-state index in [0.717, 1.165) is 61.3 Å². The number of carbonyl (C=O) groups excluding carboxylic acids is 1. The Bertz CT molecular complexity index is 2290. The first-order valence-electron chi connectivity index (χ1n) is 15.9. The Hall–Kier alpha value is -5.31. The van der Waals surface area contributed by atoms with Crippen molar-refractivity contribution in [2.24, 2.45) is 11.8 Å². The van der Waals surface area contributed by atoms with E-state index in [1.165, 1.54) is 0 Å². The Morgan fingerprint density at radius 3 is 2.76 bits per heavy atom. The van der Waals surface area contributed by atoms with Crippen LogP contribution >= 0.6 is 0 Å². The van der Waals surface area contributed by atoms with Crippen LogP contribution in [0.5, 0.6) is 5.75 Å². The minimum atomic E-state index is -0.913. The predicted molar refractivity (Wildman–Crippen MR) is 172 cm³/mol. The summed E-state index contributed by atoms with van der Waals surface area (Å²) in [5.41, 5.74) is 8.86. The molecule has 1 unspecified atom stereocenters. The Balaban J connectivity index is 1.39. The van der Waals surface area contributed by atoms with E-state index in [4.69, 9.17) is 23.5 Å². The van der Waals surface area contributed by atoms with Gasteiger partial charge in [0.15, 0.2) is 23.4 Å². The van der Waals surface area contributed by atoms with Crippen LogP contribution in [-0.4, -0.2) is 27.1 Å². The summed E-state index contributed by atoms with van der Waals surface area (Å²) in [6.07, 6.45) is 3.81. The molecule has 4 aliphatic heterocycles. The first kappa shape index (κ1) is 26.0. The summed E-state index contributed by atoms with van der Waals surface area (Å²) < 4.78 is 20.4. The van der Waals surface area contributed by atoms with E-state index in [1.807, 2.05) is 19.2 Å². The number of nitrogens with zero attached hydrogens (tertiary/aromatic N) is 2. The number of nitrogens with one attached hydrogen (secondary N) is 3. The number of carbonyl (C=O) groups is 1. The number of hydrogen-bond acceptors (Lipinski definition) is 7. The predicted octanol–water partition coefficient (Wildman–Crippen LogP) is 7.25. The van der Waals surface area contributed by atoms with E-state index in [-0.39, 0.29) is 17.7 Å². The van der Waals surface area contributed by atoms with E-state index in [0.29, 0.717) is 35.4 Å². The van der Waals surface area contributed by atoms with Gasteiger partial charge in [-0.3, -0.25) is 4.79 Å². The summed E-state index contributed by atoms with van der Waals surface area (Å²) in [6, 6.07) is 16.6. The van der Waals surface area contributed by atoms with Crippen LogP contribution < -0.4 is 15.4 Å². The zero-order chi connectivity index (χ0) is 31.1. The van der Waals surface area contributed by atoms with Crippen LogP contribution in [0.1, 0.15) is 60.7 Å². The second kappa shape index (κ2) is 8.69. The summed E-state index contributed by atoms with van der Waals surface area (Å²) in [5.74, 6) is 2.45. The summed E-state index contributed by atoms with van der Waals surface area (Å²) in [7, 11) is 0. The maximum Gasteiger partial charge on any atom is 0.249 e. The minimum absolute atomic E-state index is 0.00799. The Labute approximate surface area is 264 Å². The van der Waals surface area contributed by atoms with Gasteiger partial charge in [-0.25, -0.2) is 9.97 Å². The largest absolute Gasteiger partial charge is 0.469 e. The van der Waals surface area contributed by atoms with Gasteiger partial charge in [0.2, 0.25) is 17.7 Å². The molecule has 9 heteroatoms. The van der Waals surface area contributed by atoms with Crippen molar-refractivity contribution in [1.29, 1.82) is 0 Å². The molecule has 10 bridgehead atoms. The zero-order valence-corrected chi connectivity index (χ0v) is 25.8. The van der Waals surface area contributed by atoms with Crippen molar-refractivity contribution in [3.05, 3.63) is 94.8 Å². The number of amides is 1. The first-order valence-corrected chi connectivity index (χ1v) is 15.9. The number of para-hydroxylation sites is 1. The van der Waals surface area contributed by atoms with Crippen molar-refractivity contribution in [2.45, 2.75) is 51.8 Å². The zero-order valence-electron chi connectivity index (χ0n) is 25.8. The van der Waals surface area contributed by atoms with Crippen LogP contribution in [0.25, 0.3) is 44.9 Å². The van der Waals surface area contributed by atoms with Crippen LogP contribution in [-0.2, 0) is 16.6 Å². The number of ether oxygens (including phenoxy) is 1. The third-order valence-corrected chi connectivity index (χ3v) is 10.4. The van der Waals surface area contributed by atoms with E-state index in [2.05, 4.69) is 78.9 Å². The Morgan fingerprint density at radius 2 is 1.89 bits per heavy atom. The molecule has 6 aromatic rings. The van der Waals surface area contributed by atoms with E-state index in [1.54, 1.807) is 6.20 Å². The molecule has 0 saturated carbocycles. The molecule has 0 radical (unpaired) electrons. The maximum atomic E-state index is 13.5. The van der Waals surface area contributed by atoms with Crippen molar-refractivity contribution in [3.8, 4) is 39.8 Å². The van der Waals surface area contributed by atoms with Crippen molar-refractivity contribution >= 4 is 22.5 Å². The molecule has 4 atom stereocenters. The molecule has 3 aromatic carbocycles. The fraction of sp³-hybridized carbons (Fsp3) is 0.270. The lowest BCUT2D eigenvalue weighted by Crippen LogP contribution is -2.40. The molecule has 1 amide bonds. The van der Waals surface area contributed by atoms with E-state index < -0.39 is 17.7 Å². The number of oxazole rings is 2. The lowest BCUT2D eigenvalue weighted by atomic mass is 9.72. The Kier molecular flexibility index (Phi) is 4.90. The molecule has 0 aliphatic carbocycles. The smallest absolute Gasteiger partial charge is 0.249 e. The highest BCUT2D eigenvalue weighted by molar-refractivity contribution is 6.08. The first-order chi connectivity index (χ1) is 22.3. The highest BCUT2D eigenvalue weighted by atomic mass is 16.5. The van der Waals surface area contributed by atoms with Crippen molar-refractivity contribution in [1.82, 2.24) is 20.3 Å². The SMILES string of the molecule is Cc1ccc2c3c(c[nH]c13)-c1cnc(o1)-c1nc3oc1[C@]14c5cc(ccc5OC1Nc1c-2cccc14)C[C@H](C)C(=O)N[C@H]3C(C)C. The number of benzene rings is 3. The van der Waals surface area contributed by atoms with Gasteiger partial charge >= 0.3 is 0 Å². The van der Waals surface area contributed by atoms with Gasteiger partial charge in [-0.15, -0.1) is 0 Å². The molecule has 0 saturated heterocycles. The number of rotatable bonds is 1. The number of aromatic amines is 1. The minimum Gasteiger partial charge on any atom is -0.469 e. The van der Waals surface area contributed by atoms with Crippen LogP contribution in [0, 0.1) is 18.8 Å². The van der Waals surface area contributed by atoms with Gasteiger partial charge in [-0.1, -0.05) is 63.2 Å². The normalized spacial score (nSPS) is 23.3. The molecular weight excluding hydrogens is 578 g/mol. The van der Waals surface area contributed by atoms with Crippen molar-refractivity contribution in [2.75, 3.05) is 5.32 Å².